The molecule has 1 aliphatic rings. The number of phenols is 12. The third-order valence-electron chi connectivity index (χ3n) is 7.88. The Morgan fingerprint density at radius 1 is 0.455 bits per heavy atom. The lowest BCUT2D eigenvalue weighted by molar-refractivity contribution is -0.197. The average molecular weight is 773 g/mol. The van der Waals surface area contributed by atoms with E-state index in [1.807, 2.05) is 0 Å². The van der Waals surface area contributed by atoms with Crippen molar-refractivity contribution in [2.75, 3.05) is 13.2 Å². The standard InChI is InChI=1S/C34H28O21/c35-15-1-11(2-16(36)25(15)43)31(47)52-9-23-29(54-33(49)13-5-19(39)27(45)20(40)6-13)30(55-34(50)14-7-21(41)28(46)22(42)8-14)24(10-51-23)53-32(48)12-3-17(37)26(44)18(38)4-12/h1-8,23-24,29-30,35-46H,9-10H2/t23-,24+,29+,30+/m0/s1. The van der Waals surface area contributed by atoms with Gasteiger partial charge in [-0.15, -0.1) is 0 Å². The van der Waals surface area contributed by atoms with Crippen LogP contribution in [-0.2, 0) is 23.7 Å². The molecule has 0 aliphatic carbocycles. The largest absolute Gasteiger partial charge is 0.504 e. The van der Waals surface area contributed by atoms with Gasteiger partial charge in [-0.1, -0.05) is 0 Å². The summed E-state index contributed by atoms with van der Waals surface area (Å²) in [6, 6.07) is 5.45. The number of phenolic OH excluding ortho intramolecular Hbond substituents is 12. The number of ether oxygens (including phenoxy) is 5. The maximum absolute atomic E-state index is 13.4. The molecule has 290 valence electrons. The molecule has 0 amide bonds. The van der Waals surface area contributed by atoms with Gasteiger partial charge in [0.15, 0.2) is 87.3 Å². The number of aromatic hydroxyl groups is 12. The fraction of sp³-hybridized carbons (Fsp3) is 0.176. The summed E-state index contributed by atoms with van der Waals surface area (Å²) < 4.78 is 27.4. The highest BCUT2D eigenvalue weighted by molar-refractivity contribution is 5.93. The molecule has 12 N–H and O–H groups in total. The number of hydrogen-bond acceptors (Lipinski definition) is 21. The SMILES string of the molecule is O=C(OC[C@@H]1OC[C@@H](OC(=O)c2cc(O)c(O)c(O)c2)[C@@H](OC(=O)c2cc(O)c(O)c(O)c2)[C@@H]1OC(=O)c1cc(O)c(O)c(O)c1)c1cc(O)c(O)c(O)c1. The molecule has 0 aromatic heterocycles. The Balaban J connectivity index is 1.54. The lowest BCUT2D eigenvalue weighted by Crippen LogP contribution is -2.59. The van der Waals surface area contributed by atoms with E-state index in [4.69, 9.17) is 23.7 Å². The maximum Gasteiger partial charge on any atom is 0.338 e. The Kier molecular flexibility index (Phi) is 10.6. The van der Waals surface area contributed by atoms with Crippen LogP contribution < -0.4 is 0 Å². The molecule has 4 aromatic rings. The number of hydrogen-bond donors (Lipinski definition) is 12. The minimum Gasteiger partial charge on any atom is -0.504 e. The van der Waals surface area contributed by atoms with E-state index in [2.05, 4.69) is 0 Å². The van der Waals surface area contributed by atoms with Crippen molar-refractivity contribution < 1.29 is 104 Å². The molecule has 5 rings (SSSR count). The number of carbonyl (C=O) groups is 4. The molecular formula is C34H28O21. The number of carbonyl (C=O) groups excluding carboxylic acids is 4. The normalized spacial score (nSPS) is 17.8. The summed E-state index contributed by atoms with van der Waals surface area (Å²) >= 11 is 0. The first kappa shape index (κ1) is 38.5. The molecule has 1 aliphatic heterocycles. The van der Waals surface area contributed by atoms with Crippen molar-refractivity contribution in [1.82, 2.24) is 0 Å². The molecule has 21 heteroatoms. The van der Waals surface area contributed by atoms with E-state index in [1.165, 1.54) is 0 Å². The fourth-order valence-corrected chi connectivity index (χ4v) is 5.08. The first-order valence-electron chi connectivity index (χ1n) is 15.3. The molecule has 0 unspecified atom stereocenters. The van der Waals surface area contributed by atoms with Crippen LogP contribution in [0.25, 0.3) is 0 Å². The van der Waals surface area contributed by atoms with Crippen molar-refractivity contribution in [3.05, 3.63) is 70.8 Å². The quantitative estimate of drug-likeness (QED) is 0.0649. The van der Waals surface area contributed by atoms with Crippen molar-refractivity contribution in [2.24, 2.45) is 0 Å². The van der Waals surface area contributed by atoms with E-state index in [1.54, 1.807) is 0 Å². The van der Waals surface area contributed by atoms with Crippen LogP contribution in [0.2, 0.25) is 0 Å². The van der Waals surface area contributed by atoms with Crippen molar-refractivity contribution in [2.45, 2.75) is 24.4 Å². The molecule has 55 heavy (non-hydrogen) atoms. The zero-order valence-corrected chi connectivity index (χ0v) is 27.4. The highest BCUT2D eigenvalue weighted by atomic mass is 16.7. The topological polar surface area (TPSA) is 357 Å². The molecular weight excluding hydrogens is 744 g/mol. The van der Waals surface area contributed by atoms with Gasteiger partial charge in [-0.2, -0.15) is 0 Å². The van der Waals surface area contributed by atoms with Crippen LogP contribution in [0.1, 0.15) is 41.4 Å². The molecule has 1 saturated heterocycles. The van der Waals surface area contributed by atoms with Gasteiger partial charge in [0.1, 0.15) is 12.7 Å². The second kappa shape index (κ2) is 15.1. The molecule has 0 spiro atoms. The zero-order valence-electron chi connectivity index (χ0n) is 27.4. The van der Waals surface area contributed by atoms with Gasteiger partial charge in [-0.05, 0) is 48.5 Å². The van der Waals surface area contributed by atoms with E-state index in [9.17, 15) is 80.5 Å². The fourth-order valence-electron chi connectivity index (χ4n) is 5.08. The van der Waals surface area contributed by atoms with E-state index < -0.39 is 153 Å². The first-order chi connectivity index (χ1) is 25.9. The van der Waals surface area contributed by atoms with Crippen LogP contribution in [0.15, 0.2) is 48.5 Å². The van der Waals surface area contributed by atoms with Crippen LogP contribution >= 0.6 is 0 Å². The van der Waals surface area contributed by atoms with E-state index in [0.29, 0.717) is 36.4 Å². The van der Waals surface area contributed by atoms with E-state index in [-0.39, 0.29) is 0 Å². The molecule has 1 heterocycles. The van der Waals surface area contributed by atoms with Gasteiger partial charge in [0.05, 0.1) is 28.9 Å². The van der Waals surface area contributed by atoms with E-state index >= 15 is 0 Å². The Bertz CT molecular complexity index is 2100. The lowest BCUT2D eigenvalue weighted by Gasteiger charge is -2.40. The molecule has 0 saturated carbocycles. The second-order valence-corrected chi connectivity index (χ2v) is 11.6. The molecule has 1 fully saturated rings. The Morgan fingerprint density at radius 3 is 1.09 bits per heavy atom. The van der Waals surface area contributed by atoms with Crippen LogP contribution in [0.3, 0.4) is 0 Å². The summed E-state index contributed by atoms with van der Waals surface area (Å²) in [5.41, 5.74) is -2.35. The minimum absolute atomic E-state index is 0.505. The maximum atomic E-state index is 13.4. The first-order valence-corrected chi connectivity index (χ1v) is 15.3. The van der Waals surface area contributed by atoms with Crippen molar-refractivity contribution in [3.8, 4) is 69.0 Å². The summed E-state index contributed by atoms with van der Waals surface area (Å²) in [6.07, 6.45) is -7.58. The third kappa shape index (κ3) is 8.05. The highest BCUT2D eigenvalue weighted by Gasteiger charge is 2.48. The Labute approximate surface area is 305 Å². The zero-order chi connectivity index (χ0) is 40.5. The summed E-state index contributed by atoms with van der Waals surface area (Å²) in [6.45, 7) is -1.69. The van der Waals surface area contributed by atoms with Crippen LogP contribution in [0, 0.1) is 0 Å². The van der Waals surface area contributed by atoms with Crippen LogP contribution in [0.4, 0.5) is 0 Å². The summed E-state index contributed by atoms with van der Waals surface area (Å²) in [5, 5.41) is 118. The Morgan fingerprint density at radius 2 is 0.745 bits per heavy atom. The molecule has 0 radical (unpaired) electrons. The summed E-state index contributed by atoms with van der Waals surface area (Å²) in [5.74, 6) is -17.2. The number of benzene rings is 4. The molecule has 4 aromatic carbocycles. The number of esters is 4. The number of rotatable bonds is 9. The average Bonchev–Trinajstić information content (AvgIpc) is 3.13. The van der Waals surface area contributed by atoms with Gasteiger partial charge in [-0.25, -0.2) is 19.2 Å². The van der Waals surface area contributed by atoms with Gasteiger partial charge in [-0.3, -0.25) is 0 Å². The van der Waals surface area contributed by atoms with Crippen molar-refractivity contribution >= 4 is 23.9 Å². The van der Waals surface area contributed by atoms with Gasteiger partial charge in [0.25, 0.3) is 0 Å². The van der Waals surface area contributed by atoms with Gasteiger partial charge in [0.2, 0.25) is 0 Å². The molecule has 4 atom stereocenters. The van der Waals surface area contributed by atoms with Gasteiger partial charge < -0.3 is 85.0 Å². The second-order valence-electron chi connectivity index (χ2n) is 11.6. The summed E-state index contributed by atoms with van der Waals surface area (Å²) in [7, 11) is 0. The van der Waals surface area contributed by atoms with Gasteiger partial charge >= 0.3 is 23.9 Å². The van der Waals surface area contributed by atoms with E-state index in [0.717, 1.165) is 12.1 Å². The predicted octanol–water partition coefficient (Wildman–Crippen LogP) is 1.39. The highest BCUT2D eigenvalue weighted by Crippen LogP contribution is 2.39. The summed E-state index contributed by atoms with van der Waals surface area (Å²) in [4.78, 5) is 53.0. The van der Waals surface area contributed by atoms with Gasteiger partial charge in [0, 0.05) is 0 Å². The smallest absolute Gasteiger partial charge is 0.338 e. The molecule has 0 bridgehead atoms. The Hall–Kier alpha value is -7.68. The van der Waals surface area contributed by atoms with Crippen molar-refractivity contribution in [3.63, 3.8) is 0 Å². The van der Waals surface area contributed by atoms with Crippen LogP contribution in [0.5, 0.6) is 69.0 Å². The predicted molar refractivity (Wildman–Crippen MR) is 173 cm³/mol. The van der Waals surface area contributed by atoms with Crippen molar-refractivity contribution in [1.29, 1.82) is 0 Å². The molecule has 21 nitrogen and oxygen atoms in total. The monoisotopic (exact) mass is 772 g/mol. The van der Waals surface area contributed by atoms with Crippen LogP contribution in [-0.4, -0.2) is 123 Å². The third-order valence-corrected chi connectivity index (χ3v) is 7.88. The lowest BCUT2D eigenvalue weighted by atomic mass is 9.99. The minimum atomic E-state index is -2.03.